The van der Waals surface area contributed by atoms with Crippen LogP contribution >= 0.6 is 0 Å². The molecule has 0 amide bonds. The van der Waals surface area contributed by atoms with Crippen molar-refractivity contribution in [3.63, 3.8) is 0 Å². The summed E-state index contributed by atoms with van der Waals surface area (Å²) in [6.07, 6.45) is 8.15. The number of benzene rings is 1. The van der Waals surface area contributed by atoms with E-state index < -0.39 is 0 Å². The van der Waals surface area contributed by atoms with Gasteiger partial charge in [0.25, 0.3) is 0 Å². The number of nitrogens with two attached hydrogens (primary N) is 1. The molecule has 0 spiro atoms. The van der Waals surface area contributed by atoms with Crippen LogP contribution < -0.4 is 5.73 Å². The zero-order valence-electron chi connectivity index (χ0n) is 12.8. The van der Waals surface area contributed by atoms with Gasteiger partial charge in [-0.05, 0) is 49.7 Å². The zero-order valence-corrected chi connectivity index (χ0v) is 12.8. The maximum absolute atomic E-state index is 6.54. The topological polar surface area (TPSA) is 26.0 Å². The molecular weight excluding hydrogens is 230 g/mol. The molecule has 19 heavy (non-hydrogen) atoms. The molecule has 106 valence electrons. The van der Waals surface area contributed by atoms with Gasteiger partial charge in [0, 0.05) is 6.04 Å². The molecule has 0 saturated heterocycles. The van der Waals surface area contributed by atoms with Gasteiger partial charge in [-0.2, -0.15) is 0 Å². The summed E-state index contributed by atoms with van der Waals surface area (Å²) in [5, 5.41) is 0. The van der Waals surface area contributed by atoms with Crippen molar-refractivity contribution >= 4 is 0 Å². The van der Waals surface area contributed by atoms with Gasteiger partial charge in [-0.25, -0.2) is 0 Å². The second kappa shape index (κ2) is 6.56. The maximum Gasteiger partial charge on any atom is 0.0326 e. The number of hydrogen-bond acceptors (Lipinski definition) is 1. The molecule has 1 fully saturated rings. The van der Waals surface area contributed by atoms with Gasteiger partial charge >= 0.3 is 0 Å². The van der Waals surface area contributed by atoms with Crippen LogP contribution in [-0.4, -0.2) is 0 Å². The molecule has 1 aromatic carbocycles. The highest BCUT2D eigenvalue weighted by Crippen LogP contribution is 2.38. The summed E-state index contributed by atoms with van der Waals surface area (Å²) in [6, 6.07) is 6.94. The first kappa shape index (κ1) is 14.6. The van der Waals surface area contributed by atoms with Crippen LogP contribution in [0.15, 0.2) is 18.2 Å². The molecule has 0 bridgehead atoms. The number of aryl methyl sites for hydroxylation is 2. The predicted octanol–water partition coefficient (Wildman–Crippen LogP) is 4.91. The van der Waals surface area contributed by atoms with E-state index in [4.69, 9.17) is 5.73 Å². The highest BCUT2D eigenvalue weighted by Gasteiger charge is 2.26. The summed E-state index contributed by atoms with van der Waals surface area (Å²) in [5.41, 5.74) is 10.6. The normalized spacial score (nSPS) is 25.3. The molecule has 1 saturated carbocycles. The fraction of sp³-hybridized carbons (Fsp3) is 0.667. The van der Waals surface area contributed by atoms with E-state index in [9.17, 15) is 0 Å². The minimum Gasteiger partial charge on any atom is -0.324 e. The average molecular weight is 259 g/mol. The first-order valence-corrected chi connectivity index (χ1v) is 7.94. The van der Waals surface area contributed by atoms with Crippen LogP contribution in [0.4, 0.5) is 0 Å². The van der Waals surface area contributed by atoms with Crippen molar-refractivity contribution < 1.29 is 0 Å². The van der Waals surface area contributed by atoms with Crippen molar-refractivity contribution in [2.75, 3.05) is 0 Å². The Morgan fingerprint density at radius 3 is 2.42 bits per heavy atom. The summed E-state index contributed by atoms with van der Waals surface area (Å²) in [7, 11) is 0. The molecule has 0 aliphatic heterocycles. The fourth-order valence-corrected chi connectivity index (χ4v) is 3.70. The van der Waals surface area contributed by atoms with Gasteiger partial charge in [0.1, 0.15) is 0 Å². The molecule has 1 unspecified atom stereocenters. The lowest BCUT2D eigenvalue weighted by molar-refractivity contribution is 0.234. The molecule has 1 heteroatoms. The molecule has 1 atom stereocenters. The van der Waals surface area contributed by atoms with Crippen molar-refractivity contribution in [1.82, 2.24) is 0 Å². The second-order valence-corrected chi connectivity index (χ2v) is 6.46. The standard InChI is InChI=1S/C18H29N/c1-4-5-15-7-9-16(10-8-15)18(19)17-11-6-13(2)12-14(17)3/h6,11-12,15-16,18H,4-5,7-10,19H2,1-3H3. The van der Waals surface area contributed by atoms with Crippen molar-refractivity contribution in [3.05, 3.63) is 34.9 Å². The maximum atomic E-state index is 6.54. The summed E-state index contributed by atoms with van der Waals surface area (Å²) in [4.78, 5) is 0. The molecule has 0 aromatic heterocycles. The summed E-state index contributed by atoms with van der Waals surface area (Å²) in [6.45, 7) is 6.65. The van der Waals surface area contributed by atoms with Crippen LogP contribution in [0.1, 0.15) is 68.2 Å². The monoisotopic (exact) mass is 259 g/mol. The van der Waals surface area contributed by atoms with E-state index in [1.807, 2.05) is 0 Å². The molecule has 2 N–H and O–H groups in total. The predicted molar refractivity (Wildman–Crippen MR) is 83.2 cm³/mol. The largest absolute Gasteiger partial charge is 0.324 e. The van der Waals surface area contributed by atoms with E-state index >= 15 is 0 Å². The van der Waals surface area contributed by atoms with E-state index in [0.717, 1.165) is 5.92 Å². The Labute approximate surface area is 118 Å². The smallest absolute Gasteiger partial charge is 0.0326 e. The van der Waals surface area contributed by atoms with E-state index in [-0.39, 0.29) is 6.04 Å². The number of rotatable bonds is 4. The molecule has 2 rings (SSSR count). The van der Waals surface area contributed by atoms with Gasteiger partial charge in [0.2, 0.25) is 0 Å². The van der Waals surface area contributed by atoms with Crippen molar-refractivity contribution in [2.24, 2.45) is 17.6 Å². The van der Waals surface area contributed by atoms with E-state index in [0.29, 0.717) is 5.92 Å². The third kappa shape index (κ3) is 3.60. The quantitative estimate of drug-likeness (QED) is 0.817. The Kier molecular flexibility index (Phi) is 5.04. The van der Waals surface area contributed by atoms with Crippen LogP contribution in [-0.2, 0) is 0 Å². The summed E-state index contributed by atoms with van der Waals surface area (Å²) >= 11 is 0. The zero-order chi connectivity index (χ0) is 13.8. The van der Waals surface area contributed by atoms with E-state index in [2.05, 4.69) is 39.0 Å². The Bertz CT molecular complexity index is 402. The van der Waals surface area contributed by atoms with Crippen molar-refractivity contribution in [1.29, 1.82) is 0 Å². The summed E-state index contributed by atoms with van der Waals surface area (Å²) in [5.74, 6) is 1.65. The van der Waals surface area contributed by atoms with Crippen LogP contribution in [0.25, 0.3) is 0 Å². The van der Waals surface area contributed by atoms with Crippen LogP contribution in [0, 0.1) is 25.7 Å². The van der Waals surface area contributed by atoms with Gasteiger partial charge in [0.05, 0.1) is 0 Å². The van der Waals surface area contributed by atoms with E-state index in [1.165, 1.54) is 55.2 Å². The minimum atomic E-state index is 0.239. The minimum absolute atomic E-state index is 0.239. The molecule has 1 aliphatic carbocycles. The Hall–Kier alpha value is -0.820. The molecular formula is C18H29N. The van der Waals surface area contributed by atoms with Crippen molar-refractivity contribution in [3.8, 4) is 0 Å². The highest BCUT2D eigenvalue weighted by atomic mass is 14.7. The molecule has 0 heterocycles. The number of hydrogen-bond donors (Lipinski definition) is 1. The molecule has 1 aliphatic rings. The first-order valence-electron chi connectivity index (χ1n) is 7.94. The Morgan fingerprint density at radius 1 is 1.16 bits per heavy atom. The first-order chi connectivity index (χ1) is 9.11. The lowest BCUT2D eigenvalue weighted by Gasteiger charge is -2.33. The lowest BCUT2D eigenvalue weighted by Crippen LogP contribution is -2.26. The Morgan fingerprint density at radius 2 is 1.84 bits per heavy atom. The highest BCUT2D eigenvalue weighted by molar-refractivity contribution is 5.33. The molecule has 1 nitrogen and oxygen atoms in total. The third-order valence-electron chi connectivity index (χ3n) is 4.88. The second-order valence-electron chi connectivity index (χ2n) is 6.46. The van der Waals surface area contributed by atoms with Gasteiger partial charge in [-0.1, -0.05) is 56.4 Å². The molecule has 1 aromatic rings. The van der Waals surface area contributed by atoms with E-state index in [1.54, 1.807) is 0 Å². The lowest BCUT2D eigenvalue weighted by atomic mass is 9.75. The third-order valence-corrected chi connectivity index (χ3v) is 4.88. The van der Waals surface area contributed by atoms with Gasteiger partial charge < -0.3 is 5.73 Å². The SMILES string of the molecule is CCCC1CCC(C(N)c2ccc(C)cc2C)CC1. The van der Waals surface area contributed by atoms with Gasteiger partial charge in [0.15, 0.2) is 0 Å². The molecule has 0 radical (unpaired) electrons. The van der Waals surface area contributed by atoms with Crippen LogP contribution in [0.5, 0.6) is 0 Å². The summed E-state index contributed by atoms with van der Waals surface area (Å²) < 4.78 is 0. The van der Waals surface area contributed by atoms with Crippen LogP contribution in [0.3, 0.4) is 0 Å². The van der Waals surface area contributed by atoms with Gasteiger partial charge in [-0.15, -0.1) is 0 Å². The fourth-order valence-electron chi connectivity index (χ4n) is 3.70. The van der Waals surface area contributed by atoms with Crippen molar-refractivity contribution in [2.45, 2.75) is 65.3 Å². The van der Waals surface area contributed by atoms with Crippen LogP contribution in [0.2, 0.25) is 0 Å². The Balaban J connectivity index is 1.99. The van der Waals surface area contributed by atoms with Gasteiger partial charge in [-0.3, -0.25) is 0 Å². The average Bonchev–Trinajstić information content (AvgIpc) is 2.39.